The van der Waals surface area contributed by atoms with Crippen molar-refractivity contribution in [3.05, 3.63) is 0 Å². The first kappa shape index (κ1) is 7.20. The summed E-state index contributed by atoms with van der Waals surface area (Å²) >= 11 is 1.51. The number of nitrogens with zero attached hydrogens (tertiary/aromatic N) is 3. The number of hydrogen-bond donors (Lipinski definition) is 2. The summed E-state index contributed by atoms with van der Waals surface area (Å²) in [6, 6.07) is 0. The van der Waals surface area contributed by atoms with E-state index < -0.39 is 0 Å². The first-order valence-electron chi connectivity index (χ1n) is 2.84. The molecule has 1 aromatic rings. The largest absolute Gasteiger partial charge is 0.366 e. The highest BCUT2D eigenvalue weighted by Crippen LogP contribution is 2.13. The fourth-order valence-electron chi connectivity index (χ4n) is 0.516. The molecule has 0 aliphatic carbocycles. The van der Waals surface area contributed by atoms with Gasteiger partial charge in [0.05, 0.1) is 0 Å². The van der Waals surface area contributed by atoms with Gasteiger partial charge in [0.15, 0.2) is 0 Å². The molecule has 10 heavy (non-hydrogen) atoms. The Bertz CT molecular complexity index is 219. The van der Waals surface area contributed by atoms with Crippen molar-refractivity contribution in [2.45, 2.75) is 12.1 Å². The van der Waals surface area contributed by atoms with E-state index in [4.69, 9.17) is 11.6 Å². The van der Waals surface area contributed by atoms with Gasteiger partial charge in [-0.1, -0.05) is 18.7 Å². The third-order valence-electron chi connectivity index (χ3n) is 0.964. The van der Waals surface area contributed by atoms with E-state index in [1.165, 1.54) is 16.4 Å². The van der Waals surface area contributed by atoms with Gasteiger partial charge < -0.3 is 11.6 Å². The molecule has 0 aliphatic heterocycles. The molecule has 0 aliphatic rings. The minimum absolute atomic E-state index is 0.246. The molecule has 1 heterocycles. The summed E-state index contributed by atoms with van der Waals surface area (Å²) in [6.45, 7) is 2.01. The monoisotopic (exact) mass is 159 g/mol. The molecule has 0 fully saturated rings. The van der Waals surface area contributed by atoms with Crippen LogP contribution in [0.2, 0.25) is 0 Å². The van der Waals surface area contributed by atoms with E-state index in [-0.39, 0.29) is 5.95 Å². The number of nitrogens with two attached hydrogens (primary N) is 2. The lowest BCUT2D eigenvalue weighted by Gasteiger charge is -1.96. The molecular weight excluding hydrogens is 150 g/mol. The van der Waals surface area contributed by atoms with Crippen molar-refractivity contribution >= 4 is 17.7 Å². The van der Waals surface area contributed by atoms with Crippen molar-refractivity contribution in [2.75, 3.05) is 17.3 Å². The molecule has 0 atom stereocenters. The highest BCUT2D eigenvalue weighted by atomic mass is 32.2. The van der Waals surface area contributed by atoms with Crippen LogP contribution in [0.15, 0.2) is 5.16 Å². The zero-order valence-electron chi connectivity index (χ0n) is 5.61. The van der Waals surface area contributed by atoms with Gasteiger partial charge in [-0.15, -0.1) is 10.2 Å². The molecular formula is C4H9N5S. The second kappa shape index (κ2) is 2.78. The molecule has 6 heteroatoms. The fourth-order valence-corrected chi connectivity index (χ4v) is 1.11. The summed E-state index contributed by atoms with van der Waals surface area (Å²) in [5.74, 6) is 6.59. The van der Waals surface area contributed by atoms with Crippen LogP contribution in [0, 0.1) is 0 Å². The lowest BCUT2D eigenvalue weighted by Crippen LogP contribution is -2.12. The van der Waals surface area contributed by atoms with Gasteiger partial charge in [0.25, 0.3) is 0 Å². The molecule has 0 radical (unpaired) electrons. The molecule has 1 aromatic heterocycles. The maximum atomic E-state index is 5.43. The van der Waals surface area contributed by atoms with E-state index in [1.54, 1.807) is 0 Å². The predicted octanol–water partition coefficient (Wildman–Crippen LogP) is -0.314. The average molecular weight is 159 g/mol. The number of nitrogen functional groups attached to an aromatic ring is 2. The van der Waals surface area contributed by atoms with Gasteiger partial charge in [0, 0.05) is 0 Å². The lowest BCUT2D eigenvalue weighted by atomic mass is 11.0. The predicted molar refractivity (Wildman–Crippen MR) is 41.0 cm³/mol. The third kappa shape index (κ3) is 1.15. The van der Waals surface area contributed by atoms with E-state index in [9.17, 15) is 0 Å². The zero-order valence-corrected chi connectivity index (χ0v) is 6.43. The van der Waals surface area contributed by atoms with Crippen LogP contribution in [-0.2, 0) is 0 Å². The van der Waals surface area contributed by atoms with E-state index in [0.29, 0.717) is 5.16 Å². The number of anilines is 1. The standard InChI is InChI=1S/C4H9N5S/c1-2-10-4-8-7-3(5)9(4)6/h2,6H2,1H3,(H2,5,7). The second-order valence-electron chi connectivity index (χ2n) is 1.64. The molecule has 1 rings (SSSR count). The summed E-state index contributed by atoms with van der Waals surface area (Å²) in [7, 11) is 0. The molecule has 0 bridgehead atoms. The van der Waals surface area contributed by atoms with Crippen LogP contribution in [0.5, 0.6) is 0 Å². The van der Waals surface area contributed by atoms with Gasteiger partial charge in [0.1, 0.15) is 0 Å². The topological polar surface area (TPSA) is 82.8 Å². The van der Waals surface area contributed by atoms with E-state index in [0.717, 1.165) is 5.75 Å². The lowest BCUT2D eigenvalue weighted by molar-refractivity contribution is 0.852. The second-order valence-corrected chi connectivity index (χ2v) is 2.87. The van der Waals surface area contributed by atoms with Gasteiger partial charge in [-0.25, -0.2) is 4.68 Å². The number of hydrogen-bond acceptors (Lipinski definition) is 5. The molecule has 0 saturated heterocycles. The molecule has 5 nitrogen and oxygen atoms in total. The molecule has 0 aromatic carbocycles. The number of thioether (sulfide) groups is 1. The fraction of sp³-hybridized carbons (Fsp3) is 0.500. The summed E-state index contributed by atoms with van der Waals surface area (Å²) in [5.41, 5.74) is 5.32. The Morgan fingerprint density at radius 1 is 1.60 bits per heavy atom. The van der Waals surface area contributed by atoms with E-state index in [1.807, 2.05) is 6.92 Å². The van der Waals surface area contributed by atoms with Crippen molar-refractivity contribution in [2.24, 2.45) is 0 Å². The highest BCUT2D eigenvalue weighted by molar-refractivity contribution is 7.99. The van der Waals surface area contributed by atoms with Crippen LogP contribution in [0.4, 0.5) is 5.95 Å². The molecule has 0 saturated carbocycles. The van der Waals surface area contributed by atoms with Crippen LogP contribution >= 0.6 is 11.8 Å². The van der Waals surface area contributed by atoms with Crippen LogP contribution in [0.25, 0.3) is 0 Å². The van der Waals surface area contributed by atoms with E-state index >= 15 is 0 Å². The van der Waals surface area contributed by atoms with Gasteiger partial charge in [-0.05, 0) is 5.75 Å². The molecule has 4 N–H and O–H groups in total. The minimum atomic E-state index is 0.246. The summed E-state index contributed by atoms with van der Waals surface area (Å²) in [6.07, 6.45) is 0. The van der Waals surface area contributed by atoms with Crippen molar-refractivity contribution < 1.29 is 0 Å². The molecule has 56 valence electrons. The Morgan fingerprint density at radius 3 is 2.70 bits per heavy atom. The summed E-state index contributed by atoms with van der Waals surface area (Å²) < 4.78 is 1.27. The Kier molecular flexibility index (Phi) is 2.00. The molecule has 0 unspecified atom stereocenters. The maximum Gasteiger partial charge on any atom is 0.241 e. The number of rotatable bonds is 2. The first-order chi connectivity index (χ1) is 4.75. The van der Waals surface area contributed by atoms with Crippen molar-refractivity contribution in [1.29, 1.82) is 0 Å². The quantitative estimate of drug-likeness (QED) is 0.456. The number of aromatic nitrogens is 3. The Morgan fingerprint density at radius 2 is 2.30 bits per heavy atom. The summed E-state index contributed by atoms with van der Waals surface area (Å²) in [4.78, 5) is 0. The van der Waals surface area contributed by atoms with Crippen molar-refractivity contribution in [3.8, 4) is 0 Å². The van der Waals surface area contributed by atoms with Gasteiger partial charge in [0.2, 0.25) is 11.1 Å². The van der Waals surface area contributed by atoms with E-state index in [2.05, 4.69) is 10.2 Å². The van der Waals surface area contributed by atoms with Crippen LogP contribution in [0.3, 0.4) is 0 Å². The Hall–Kier alpha value is -0.910. The Balaban J connectivity index is 2.83. The van der Waals surface area contributed by atoms with Gasteiger partial charge >= 0.3 is 0 Å². The van der Waals surface area contributed by atoms with Crippen molar-refractivity contribution in [3.63, 3.8) is 0 Å². The Labute approximate surface area is 62.8 Å². The highest BCUT2D eigenvalue weighted by Gasteiger charge is 2.03. The third-order valence-corrected chi connectivity index (χ3v) is 1.79. The van der Waals surface area contributed by atoms with Crippen molar-refractivity contribution in [1.82, 2.24) is 14.9 Å². The summed E-state index contributed by atoms with van der Waals surface area (Å²) in [5, 5.41) is 7.96. The van der Waals surface area contributed by atoms with Crippen LogP contribution in [0.1, 0.15) is 6.92 Å². The average Bonchev–Trinajstić information content (AvgIpc) is 2.20. The minimum Gasteiger partial charge on any atom is -0.366 e. The zero-order chi connectivity index (χ0) is 7.56. The van der Waals surface area contributed by atoms with Crippen LogP contribution in [-0.4, -0.2) is 20.6 Å². The maximum absolute atomic E-state index is 5.43. The van der Waals surface area contributed by atoms with Crippen LogP contribution < -0.4 is 11.6 Å². The van der Waals surface area contributed by atoms with Gasteiger partial charge in [-0.3, -0.25) is 0 Å². The SMILES string of the molecule is CCSc1nnc(N)n1N. The molecule has 0 amide bonds. The normalized spacial score (nSPS) is 10.1. The first-order valence-corrected chi connectivity index (χ1v) is 3.83. The smallest absolute Gasteiger partial charge is 0.241 e. The van der Waals surface area contributed by atoms with Gasteiger partial charge in [-0.2, -0.15) is 0 Å². The molecule has 0 spiro atoms.